The second-order valence-corrected chi connectivity index (χ2v) is 7.37. The van der Waals surface area contributed by atoms with Gasteiger partial charge in [-0.3, -0.25) is 14.6 Å². The van der Waals surface area contributed by atoms with Crippen LogP contribution in [0.15, 0.2) is 71.3 Å². The molecule has 1 aliphatic heterocycles. The molecule has 4 rings (SSSR count). The van der Waals surface area contributed by atoms with Crippen molar-refractivity contribution in [1.82, 2.24) is 10.3 Å². The zero-order chi connectivity index (χ0) is 19.7. The maximum absolute atomic E-state index is 13.2. The minimum Gasteiger partial charge on any atom is -0.362 e. The second kappa shape index (κ2) is 7.43. The average molecular weight is 373 g/mol. The van der Waals surface area contributed by atoms with Crippen molar-refractivity contribution in [2.24, 2.45) is 0 Å². The first-order valence-corrected chi connectivity index (χ1v) is 9.56. The van der Waals surface area contributed by atoms with Gasteiger partial charge in [-0.2, -0.15) is 0 Å². The van der Waals surface area contributed by atoms with Crippen LogP contribution in [0.1, 0.15) is 43.2 Å². The Kier molecular flexibility index (Phi) is 4.82. The number of amides is 1. The lowest BCUT2D eigenvalue weighted by molar-refractivity contribution is -0.116. The third-order valence-electron chi connectivity index (χ3n) is 5.35. The molecule has 2 N–H and O–H groups in total. The van der Waals surface area contributed by atoms with Gasteiger partial charge in [0.2, 0.25) is 0 Å². The van der Waals surface area contributed by atoms with Crippen molar-refractivity contribution in [3.05, 3.63) is 82.5 Å². The number of pyridine rings is 1. The molecule has 1 aromatic carbocycles. The Bertz CT molecular complexity index is 988. The Morgan fingerprint density at radius 2 is 1.93 bits per heavy atom. The van der Waals surface area contributed by atoms with Gasteiger partial charge in [0.05, 0.1) is 11.9 Å². The van der Waals surface area contributed by atoms with Crippen molar-refractivity contribution in [2.45, 2.75) is 39.0 Å². The number of carbonyl (C=O) groups is 2. The van der Waals surface area contributed by atoms with E-state index >= 15 is 0 Å². The average Bonchev–Trinajstić information content (AvgIpc) is 2.68. The summed E-state index contributed by atoms with van der Waals surface area (Å²) in [4.78, 5) is 30.1. The van der Waals surface area contributed by atoms with Crippen LogP contribution in [0.5, 0.6) is 0 Å². The lowest BCUT2D eigenvalue weighted by Crippen LogP contribution is -2.35. The van der Waals surface area contributed by atoms with Crippen LogP contribution in [0.25, 0.3) is 0 Å². The van der Waals surface area contributed by atoms with Crippen LogP contribution in [0, 0.1) is 6.92 Å². The predicted octanol–water partition coefficient (Wildman–Crippen LogP) is 4.00. The highest BCUT2D eigenvalue weighted by Crippen LogP contribution is 2.42. The number of Topliss-reactive ketones (excluding diaryl/α,β-unsaturated/α-hetero) is 1. The number of nitrogens with zero attached hydrogens (tertiary/aromatic N) is 1. The van der Waals surface area contributed by atoms with Crippen LogP contribution in [0.4, 0.5) is 5.69 Å². The van der Waals surface area contributed by atoms with Gasteiger partial charge in [-0.15, -0.1) is 0 Å². The highest BCUT2D eigenvalue weighted by atomic mass is 16.2. The summed E-state index contributed by atoms with van der Waals surface area (Å²) in [5, 5.41) is 6.27. The van der Waals surface area contributed by atoms with Gasteiger partial charge in [0.1, 0.15) is 0 Å². The van der Waals surface area contributed by atoms with Gasteiger partial charge in [-0.05, 0) is 44.4 Å². The van der Waals surface area contributed by atoms with E-state index in [1.807, 2.05) is 38.1 Å². The molecule has 0 saturated heterocycles. The highest BCUT2D eigenvalue weighted by molar-refractivity contribution is 6.09. The second-order valence-electron chi connectivity index (χ2n) is 7.37. The van der Waals surface area contributed by atoms with E-state index < -0.39 is 0 Å². The quantitative estimate of drug-likeness (QED) is 0.853. The molecule has 0 bridgehead atoms. The monoisotopic (exact) mass is 373 g/mol. The SMILES string of the molecule is CC1=C(C(=O)Nc2cccnc2)[C@H](c2ccc(C)cc2)C2=C(CCCC2=O)N1. The number of aryl methyl sites for hydroxylation is 1. The van der Waals surface area contributed by atoms with Crippen LogP contribution in [0.3, 0.4) is 0 Å². The fraction of sp³-hybridized carbons (Fsp3) is 0.261. The molecule has 28 heavy (non-hydrogen) atoms. The molecule has 5 heteroatoms. The molecule has 1 atom stereocenters. The fourth-order valence-electron chi connectivity index (χ4n) is 4.01. The van der Waals surface area contributed by atoms with Crippen LogP contribution >= 0.6 is 0 Å². The van der Waals surface area contributed by atoms with Crippen molar-refractivity contribution in [2.75, 3.05) is 5.32 Å². The van der Waals surface area contributed by atoms with Crippen LogP contribution in [-0.2, 0) is 9.59 Å². The lowest BCUT2D eigenvalue weighted by atomic mass is 9.75. The van der Waals surface area contributed by atoms with Gasteiger partial charge in [0, 0.05) is 41.1 Å². The number of nitrogens with one attached hydrogen (secondary N) is 2. The molecule has 0 saturated carbocycles. The summed E-state index contributed by atoms with van der Waals surface area (Å²) >= 11 is 0. The van der Waals surface area contributed by atoms with Gasteiger partial charge in [0.15, 0.2) is 5.78 Å². The number of allylic oxidation sites excluding steroid dienone is 3. The van der Waals surface area contributed by atoms with E-state index in [0.29, 0.717) is 17.7 Å². The van der Waals surface area contributed by atoms with Crippen LogP contribution in [-0.4, -0.2) is 16.7 Å². The van der Waals surface area contributed by atoms with E-state index in [2.05, 4.69) is 15.6 Å². The summed E-state index contributed by atoms with van der Waals surface area (Å²) in [6.07, 6.45) is 5.48. The molecule has 5 nitrogen and oxygen atoms in total. The molecule has 1 aliphatic carbocycles. The number of hydrogen-bond acceptors (Lipinski definition) is 4. The van der Waals surface area contributed by atoms with Crippen molar-refractivity contribution >= 4 is 17.4 Å². The summed E-state index contributed by atoms with van der Waals surface area (Å²) in [5.74, 6) is -0.451. The zero-order valence-corrected chi connectivity index (χ0v) is 16.1. The highest BCUT2D eigenvalue weighted by Gasteiger charge is 2.38. The molecule has 2 aliphatic rings. The van der Waals surface area contributed by atoms with E-state index in [1.54, 1.807) is 24.5 Å². The summed E-state index contributed by atoms with van der Waals surface area (Å²) in [6.45, 7) is 3.93. The fourth-order valence-corrected chi connectivity index (χ4v) is 4.01. The number of ketones is 1. The normalized spacial score (nSPS) is 19.2. The number of rotatable bonds is 3. The third kappa shape index (κ3) is 3.36. The smallest absolute Gasteiger partial charge is 0.254 e. The Morgan fingerprint density at radius 1 is 1.14 bits per heavy atom. The molecule has 1 amide bonds. The third-order valence-corrected chi connectivity index (χ3v) is 5.35. The minimum absolute atomic E-state index is 0.124. The molecule has 2 aromatic rings. The molecule has 2 heterocycles. The maximum Gasteiger partial charge on any atom is 0.254 e. The Morgan fingerprint density at radius 3 is 2.64 bits per heavy atom. The maximum atomic E-state index is 13.2. The first kappa shape index (κ1) is 18.2. The lowest BCUT2D eigenvalue weighted by Gasteiger charge is -2.34. The van der Waals surface area contributed by atoms with E-state index in [1.165, 1.54) is 0 Å². The first-order chi connectivity index (χ1) is 13.5. The summed E-state index contributed by atoms with van der Waals surface area (Å²) in [5.41, 5.74) is 5.80. The number of carbonyl (C=O) groups excluding carboxylic acids is 2. The Balaban J connectivity index is 1.79. The van der Waals surface area contributed by atoms with Gasteiger partial charge >= 0.3 is 0 Å². The number of anilines is 1. The van der Waals surface area contributed by atoms with Crippen molar-refractivity contribution < 1.29 is 9.59 Å². The molecular formula is C23H23N3O2. The standard InChI is InChI=1S/C23H23N3O2/c1-14-8-10-16(11-9-14)21-20(23(28)26-17-5-4-12-24-13-17)15(2)25-18-6-3-7-19(27)22(18)21/h4-5,8-13,21,25H,3,6-7H2,1-2H3,(H,26,28)/t21-/m0/s1. The largest absolute Gasteiger partial charge is 0.362 e. The van der Waals surface area contributed by atoms with E-state index in [9.17, 15) is 9.59 Å². The van der Waals surface area contributed by atoms with E-state index in [4.69, 9.17) is 0 Å². The topological polar surface area (TPSA) is 71.1 Å². The van der Waals surface area contributed by atoms with Gasteiger partial charge < -0.3 is 10.6 Å². The molecule has 0 unspecified atom stereocenters. The van der Waals surface area contributed by atoms with Gasteiger partial charge in [0.25, 0.3) is 5.91 Å². The Hall–Kier alpha value is -3.21. The predicted molar refractivity (Wildman–Crippen MR) is 109 cm³/mol. The van der Waals surface area contributed by atoms with Crippen molar-refractivity contribution in [1.29, 1.82) is 0 Å². The molecular weight excluding hydrogens is 350 g/mol. The van der Waals surface area contributed by atoms with Crippen LogP contribution < -0.4 is 10.6 Å². The van der Waals surface area contributed by atoms with Crippen LogP contribution in [0.2, 0.25) is 0 Å². The van der Waals surface area contributed by atoms with E-state index in [0.717, 1.165) is 40.9 Å². The molecule has 0 fully saturated rings. The summed E-state index contributed by atoms with van der Waals surface area (Å²) in [6, 6.07) is 11.7. The molecule has 142 valence electrons. The Labute approximate surface area is 164 Å². The zero-order valence-electron chi connectivity index (χ0n) is 16.1. The number of hydrogen-bond donors (Lipinski definition) is 2. The first-order valence-electron chi connectivity index (χ1n) is 9.56. The summed E-state index contributed by atoms with van der Waals surface area (Å²) in [7, 11) is 0. The molecule has 1 aromatic heterocycles. The number of benzene rings is 1. The van der Waals surface area contributed by atoms with Gasteiger partial charge in [-0.25, -0.2) is 0 Å². The summed E-state index contributed by atoms with van der Waals surface area (Å²) < 4.78 is 0. The molecule has 0 spiro atoms. The molecule has 0 radical (unpaired) electrons. The van der Waals surface area contributed by atoms with E-state index in [-0.39, 0.29) is 17.6 Å². The van der Waals surface area contributed by atoms with Crippen molar-refractivity contribution in [3.63, 3.8) is 0 Å². The van der Waals surface area contributed by atoms with Crippen molar-refractivity contribution in [3.8, 4) is 0 Å². The minimum atomic E-state index is -0.360. The number of dihydropyridines is 1. The number of aromatic nitrogens is 1. The van der Waals surface area contributed by atoms with Gasteiger partial charge in [-0.1, -0.05) is 29.8 Å².